The second kappa shape index (κ2) is 9.12. The number of carbonyl (C=O) groups is 5. The summed E-state index contributed by atoms with van der Waals surface area (Å²) in [6.45, 7) is 0. The van der Waals surface area contributed by atoms with Gasteiger partial charge >= 0.3 is 18.1 Å². The van der Waals surface area contributed by atoms with Crippen LogP contribution in [0.3, 0.4) is 0 Å². The quantitative estimate of drug-likeness (QED) is 0.409. The van der Waals surface area contributed by atoms with E-state index in [2.05, 4.69) is 4.74 Å². The number of methoxy groups -OCH3 is 1. The van der Waals surface area contributed by atoms with Crippen LogP contribution in [0.15, 0.2) is 24.3 Å². The number of esters is 1. The van der Waals surface area contributed by atoms with Crippen LogP contribution in [0, 0.1) is 0 Å². The largest absolute Gasteiger partial charge is 0.542 e. The highest BCUT2D eigenvalue weighted by Gasteiger charge is 2.50. The molecule has 1 aromatic rings. The maximum Gasteiger partial charge on any atom is 0.430 e. The number of nitrogens with zero attached hydrogens (tertiary/aromatic N) is 1. The molecule has 13 heteroatoms. The minimum absolute atomic E-state index is 0.205. The van der Waals surface area contributed by atoms with Crippen LogP contribution < -0.4 is 10.4 Å². The fourth-order valence-electron chi connectivity index (χ4n) is 3.42. The number of carboxylic acids is 2. The number of alkyl halides is 3. The number of fused-ring (bicyclic) bond motifs is 1. The van der Waals surface area contributed by atoms with Gasteiger partial charge in [0, 0.05) is 12.8 Å². The summed E-state index contributed by atoms with van der Waals surface area (Å²) in [6, 6.07) is 3.82. The van der Waals surface area contributed by atoms with Gasteiger partial charge in [0.15, 0.2) is 12.1 Å². The Hall–Kier alpha value is -3.48. The fraction of sp³-hybridized carbons (Fsp3) is 0.389. The number of imide groups is 1. The first kappa shape index (κ1) is 23.8. The van der Waals surface area contributed by atoms with E-state index in [1.54, 1.807) is 17.4 Å². The molecule has 0 saturated carbocycles. The minimum atomic E-state index is -5.19. The van der Waals surface area contributed by atoms with E-state index in [0.717, 1.165) is 4.90 Å². The molecular formula is C18H17F3N2O8. The number of halogens is 3. The molecule has 0 unspecified atom stereocenters. The number of benzene rings is 1. The maximum absolute atomic E-state index is 12.5. The van der Waals surface area contributed by atoms with Crippen LogP contribution in [0.1, 0.15) is 33.6 Å². The van der Waals surface area contributed by atoms with Crippen LogP contribution in [0.4, 0.5) is 13.2 Å². The third-order valence-electron chi connectivity index (χ3n) is 4.79. The second-order valence-corrected chi connectivity index (χ2v) is 6.66. The van der Waals surface area contributed by atoms with E-state index >= 15 is 0 Å². The first-order valence-electron chi connectivity index (χ1n) is 8.80. The van der Waals surface area contributed by atoms with E-state index in [1.807, 2.05) is 0 Å². The number of ether oxygens (including phenoxy) is 1. The average molecular weight is 446 g/mol. The number of carbonyl (C=O) groups excluding carboxylic acids is 4. The van der Waals surface area contributed by atoms with Gasteiger partial charge in [0.25, 0.3) is 11.8 Å². The van der Waals surface area contributed by atoms with Crippen molar-refractivity contribution in [3.05, 3.63) is 35.4 Å². The third-order valence-corrected chi connectivity index (χ3v) is 4.79. The Morgan fingerprint density at radius 3 is 2.03 bits per heavy atom. The van der Waals surface area contributed by atoms with Crippen molar-refractivity contribution in [2.75, 3.05) is 7.11 Å². The van der Waals surface area contributed by atoms with Crippen molar-refractivity contribution < 1.29 is 57.4 Å². The van der Waals surface area contributed by atoms with Crippen molar-refractivity contribution in [2.24, 2.45) is 0 Å². The van der Waals surface area contributed by atoms with Gasteiger partial charge in [-0.1, -0.05) is 12.1 Å². The summed E-state index contributed by atoms with van der Waals surface area (Å²) >= 11 is 0. The summed E-state index contributed by atoms with van der Waals surface area (Å²) in [5.41, 5.74) is 0.410. The predicted octanol–water partition coefficient (Wildman–Crippen LogP) is -1.70. The first-order chi connectivity index (χ1) is 14.4. The molecule has 2 aliphatic rings. The second-order valence-electron chi connectivity index (χ2n) is 6.66. The Morgan fingerprint density at radius 1 is 1.16 bits per heavy atom. The normalized spacial score (nSPS) is 21.1. The van der Waals surface area contributed by atoms with E-state index in [4.69, 9.17) is 9.90 Å². The van der Waals surface area contributed by atoms with Crippen LogP contribution in [0.2, 0.25) is 0 Å². The number of carboxylic acid groups (broad SMARTS) is 2. The number of quaternary nitrogens is 1. The van der Waals surface area contributed by atoms with Gasteiger partial charge in [-0.05, 0) is 12.1 Å². The number of nitrogens with two attached hydrogens (primary N) is 1. The van der Waals surface area contributed by atoms with Crippen molar-refractivity contribution in [2.45, 2.75) is 37.1 Å². The van der Waals surface area contributed by atoms with Crippen LogP contribution in [-0.2, 0) is 19.1 Å². The lowest BCUT2D eigenvalue weighted by atomic mass is 10.0. The highest BCUT2D eigenvalue weighted by atomic mass is 19.4. The molecule has 3 N–H and O–H groups in total. The molecule has 31 heavy (non-hydrogen) atoms. The first-order valence-corrected chi connectivity index (χ1v) is 8.80. The number of hydrogen-bond donors (Lipinski definition) is 2. The van der Waals surface area contributed by atoms with Crippen molar-refractivity contribution in [3.8, 4) is 0 Å². The topological polar surface area (TPSA) is 158 Å². The molecule has 0 bridgehead atoms. The van der Waals surface area contributed by atoms with Crippen LogP contribution in [0.25, 0.3) is 0 Å². The van der Waals surface area contributed by atoms with Crippen LogP contribution in [0.5, 0.6) is 0 Å². The molecule has 3 atom stereocenters. The Kier molecular flexibility index (Phi) is 7.00. The van der Waals surface area contributed by atoms with Crippen LogP contribution >= 0.6 is 0 Å². The summed E-state index contributed by atoms with van der Waals surface area (Å²) in [7, 11) is 1.27. The molecule has 168 valence electrons. The summed E-state index contributed by atoms with van der Waals surface area (Å²) in [4.78, 5) is 58.0. The van der Waals surface area contributed by atoms with Crippen molar-refractivity contribution in [1.29, 1.82) is 0 Å². The number of aliphatic carboxylic acids is 2. The number of hydrogen-bond acceptors (Lipinski definition) is 7. The van der Waals surface area contributed by atoms with Crippen molar-refractivity contribution in [3.63, 3.8) is 0 Å². The molecule has 2 aliphatic heterocycles. The molecule has 3 rings (SSSR count). The van der Waals surface area contributed by atoms with E-state index in [-0.39, 0.29) is 11.1 Å². The Labute approximate surface area is 172 Å². The summed E-state index contributed by atoms with van der Waals surface area (Å²) in [5, 5.41) is 20.0. The van der Waals surface area contributed by atoms with E-state index < -0.39 is 54.0 Å². The Morgan fingerprint density at radius 2 is 1.65 bits per heavy atom. The lowest BCUT2D eigenvalue weighted by Crippen LogP contribution is -2.96. The zero-order valence-corrected chi connectivity index (χ0v) is 15.9. The smallest absolute Gasteiger partial charge is 0.430 e. The van der Waals surface area contributed by atoms with Gasteiger partial charge in [-0.3, -0.25) is 14.5 Å². The molecule has 1 fully saturated rings. The monoisotopic (exact) mass is 446 g/mol. The summed E-state index contributed by atoms with van der Waals surface area (Å²) in [6.07, 6.45) is -4.37. The molecule has 0 aromatic heterocycles. The Balaban J connectivity index is 0.000000423. The van der Waals surface area contributed by atoms with Crippen molar-refractivity contribution >= 4 is 29.7 Å². The molecule has 0 radical (unpaired) electrons. The zero-order chi connectivity index (χ0) is 23.5. The van der Waals surface area contributed by atoms with Crippen LogP contribution in [-0.4, -0.2) is 71.1 Å². The standard InChI is InChI=1S/C16H16N2O6.C2HF3O2/c1-24-16(23)11-7-6-10(17-11)12(15(21)22)18-13(19)8-4-2-3-5-9(8)14(18)20;3-2(4,5)1(6)7/h2-5,10-12,17H,6-7H2,1H3,(H,21,22);(H,6,7)/t10-,11+,12+;/m0./s1. The van der Waals surface area contributed by atoms with E-state index in [1.165, 1.54) is 19.2 Å². The third kappa shape index (κ3) is 4.99. The lowest BCUT2D eigenvalue weighted by Gasteiger charge is -2.25. The Bertz CT molecular complexity index is 882. The van der Waals surface area contributed by atoms with E-state index in [0.29, 0.717) is 12.8 Å². The SMILES string of the molecule is COC(=O)[C@H]1CC[C@@H]([C@H](C(=O)O)N2C(=O)c3ccccc3C2=O)[NH2+]1.O=C([O-])C(F)(F)F. The van der Waals surface area contributed by atoms with Gasteiger partial charge < -0.3 is 25.1 Å². The minimum Gasteiger partial charge on any atom is -0.542 e. The predicted molar refractivity (Wildman–Crippen MR) is 90.2 cm³/mol. The van der Waals surface area contributed by atoms with Gasteiger partial charge in [0.05, 0.1) is 18.2 Å². The zero-order valence-electron chi connectivity index (χ0n) is 15.9. The van der Waals surface area contributed by atoms with E-state index in [9.17, 15) is 37.5 Å². The fourth-order valence-corrected chi connectivity index (χ4v) is 3.42. The average Bonchev–Trinajstić information content (AvgIpc) is 3.27. The molecule has 10 nitrogen and oxygen atoms in total. The molecule has 2 heterocycles. The highest BCUT2D eigenvalue weighted by Crippen LogP contribution is 2.27. The van der Waals surface area contributed by atoms with Gasteiger partial charge in [0.1, 0.15) is 12.0 Å². The van der Waals surface area contributed by atoms with Gasteiger partial charge in [-0.25, -0.2) is 9.59 Å². The van der Waals surface area contributed by atoms with Crippen molar-refractivity contribution in [1.82, 2.24) is 4.90 Å². The molecule has 1 saturated heterocycles. The summed E-state index contributed by atoms with van der Waals surface area (Å²) < 4.78 is 36.2. The molecule has 0 aliphatic carbocycles. The maximum atomic E-state index is 12.5. The van der Waals surface area contributed by atoms with Gasteiger partial charge in [-0.2, -0.15) is 13.2 Å². The number of amides is 2. The highest BCUT2D eigenvalue weighted by molar-refractivity contribution is 6.22. The molecular weight excluding hydrogens is 429 g/mol. The lowest BCUT2D eigenvalue weighted by molar-refractivity contribution is -0.693. The van der Waals surface area contributed by atoms with Gasteiger partial charge in [-0.15, -0.1) is 0 Å². The molecule has 1 aromatic carbocycles. The number of rotatable bonds is 4. The summed E-state index contributed by atoms with van der Waals surface area (Å²) in [5.74, 6) is -5.94. The molecule has 0 spiro atoms. The molecule has 2 amide bonds. The van der Waals surface area contributed by atoms with Gasteiger partial charge in [0.2, 0.25) is 0 Å².